The van der Waals surface area contributed by atoms with E-state index in [9.17, 15) is 9.90 Å². The van der Waals surface area contributed by atoms with Crippen LogP contribution >= 0.6 is 11.6 Å². The molecule has 1 aliphatic heterocycles. The van der Waals surface area contributed by atoms with E-state index in [1.807, 2.05) is 69.3 Å². The molecule has 0 aliphatic carbocycles. The van der Waals surface area contributed by atoms with Crippen molar-refractivity contribution in [3.05, 3.63) is 82.1 Å². The number of hydrogen-bond donors (Lipinski definition) is 1. The summed E-state index contributed by atoms with van der Waals surface area (Å²) in [5, 5.41) is 11.3. The van der Waals surface area contributed by atoms with Crippen molar-refractivity contribution >= 4 is 17.7 Å². The van der Waals surface area contributed by atoms with E-state index in [-0.39, 0.29) is 6.09 Å². The molecule has 0 spiro atoms. The SMILES string of the molecule is CC(C)(C)OC(=O)N1CCc2nc(-c3ccc(C(O)Cc4ccc(Cl)cc4)cc3)ncc2C1. The van der Waals surface area contributed by atoms with Gasteiger partial charge < -0.3 is 14.7 Å². The summed E-state index contributed by atoms with van der Waals surface area (Å²) in [7, 11) is 0. The predicted molar refractivity (Wildman–Crippen MR) is 128 cm³/mol. The molecule has 1 aliphatic rings. The van der Waals surface area contributed by atoms with Gasteiger partial charge in [0.1, 0.15) is 5.60 Å². The molecule has 1 N–H and O–H groups in total. The number of aliphatic hydroxyl groups is 1. The third-order valence-corrected chi connectivity index (χ3v) is 5.73. The maximum absolute atomic E-state index is 12.4. The van der Waals surface area contributed by atoms with Gasteiger partial charge in [0.15, 0.2) is 5.82 Å². The Morgan fingerprint density at radius 2 is 1.85 bits per heavy atom. The summed E-state index contributed by atoms with van der Waals surface area (Å²) in [6.45, 7) is 6.59. The summed E-state index contributed by atoms with van der Waals surface area (Å²) < 4.78 is 5.48. The fourth-order valence-corrected chi connectivity index (χ4v) is 3.88. The zero-order valence-electron chi connectivity index (χ0n) is 19.1. The Morgan fingerprint density at radius 3 is 2.52 bits per heavy atom. The first-order valence-electron chi connectivity index (χ1n) is 11.0. The molecule has 1 atom stereocenters. The van der Waals surface area contributed by atoms with E-state index in [2.05, 4.69) is 4.98 Å². The fraction of sp³-hybridized carbons (Fsp3) is 0.346. The minimum Gasteiger partial charge on any atom is -0.444 e. The van der Waals surface area contributed by atoms with E-state index < -0.39 is 11.7 Å². The molecule has 2 heterocycles. The third kappa shape index (κ3) is 5.89. The van der Waals surface area contributed by atoms with Gasteiger partial charge in [-0.3, -0.25) is 0 Å². The van der Waals surface area contributed by atoms with Gasteiger partial charge >= 0.3 is 6.09 Å². The molecular formula is C26H28ClN3O3. The molecular weight excluding hydrogens is 438 g/mol. The number of benzene rings is 2. The Bertz CT molecular complexity index is 1130. The van der Waals surface area contributed by atoms with Crippen LogP contribution in [0.15, 0.2) is 54.7 Å². The smallest absolute Gasteiger partial charge is 0.410 e. The minimum atomic E-state index is -0.608. The highest BCUT2D eigenvalue weighted by Crippen LogP contribution is 2.25. The first-order chi connectivity index (χ1) is 15.7. The van der Waals surface area contributed by atoms with Gasteiger partial charge in [0.2, 0.25) is 0 Å². The van der Waals surface area contributed by atoms with E-state index in [1.54, 1.807) is 11.1 Å². The van der Waals surface area contributed by atoms with Gasteiger partial charge in [-0.2, -0.15) is 0 Å². The van der Waals surface area contributed by atoms with E-state index in [0.717, 1.165) is 27.9 Å². The van der Waals surface area contributed by atoms with Gasteiger partial charge in [-0.1, -0.05) is 48.0 Å². The third-order valence-electron chi connectivity index (χ3n) is 5.48. The van der Waals surface area contributed by atoms with Crippen molar-refractivity contribution in [1.29, 1.82) is 0 Å². The quantitative estimate of drug-likeness (QED) is 0.560. The summed E-state index contributed by atoms with van der Waals surface area (Å²) in [5.74, 6) is 0.637. The van der Waals surface area contributed by atoms with Crippen LogP contribution in [0, 0.1) is 0 Å². The second-order valence-electron chi connectivity index (χ2n) is 9.29. The second-order valence-corrected chi connectivity index (χ2v) is 9.72. The lowest BCUT2D eigenvalue weighted by Crippen LogP contribution is -2.40. The number of hydrogen-bond acceptors (Lipinski definition) is 5. The lowest BCUT2D eigenvalue weighted by atomic mass is 10.00. The molecule has 2 aromatic carbocycles. The van der Waals surface area contributed by atoms with Crippen LogP contribution in [-0.4, -0.2) is 38.2 Å². The summed E-state index contributed by atoms with van der Waals surface area (Å²) >= 11 is 5.93. The number of amides is 1. The van der Waals surface area contributed by atoms with Gasteiger partial charge in [0.05, 0.1) is 18.3 Å². The van der Waals surface area contributed by atoms with Crippen LogP contribution in [0.4, 0.5) is 4.79 Å². The number of nitrogens with zero attached hydrogens (tertiary/aromatic N) is 3. The second kappa shape index (κ2) is 9.49. The Kier molecular flexibility index (Phi) is 6.68. The van der Waals surface area contributed by atoms with Crippen LogP contribution in [0.3, 0.4) is 0 Å². The molecule has 0 saturated heterocycles. The molecule has 7 heteroatoms. The number of ether oxygens (including phenoxy) is 1. The lowest BCUT2D eigenvalue weighted by molar-refractivity contribution is 0.0222. The van der Waals surface area contributed by atoms with Gasteiger partial charge in [-0.25, -0.2) is 14.8 Å². The standard InChI is InChI=1S/C26H28ClN3O3/c1-26(2,3)33-25(32)30-13-12-22-20(16-30)15-28-24(29-22)19-8-6-18(7-9-19)23(31)14-17-4-10-21(27)11-5-17/h4-11,15,23,31H,12-14,16H2,1-3H3. The molecule has 0 saturated carbocycles. The predicted octanol–water partition coefficient (Wildman–Crippen LogP) is 5.37. The first-order valence-corrected chi connectivity index (χ1v) is 11.4. The Hall–Kier alpha value is -2.96. The first kappa shape index (κ1) is 23.2. The minimum absolute atomic E-state index is 0.315. The zero-order chi connectivity index (χ0) is 23.6. The molecule has 0 radical (unpaired) electrons. The molecule has 1 amide bonds. The summed E-state index contributed by atoms with van der Waals surface area (Å²) in [6, 6.07) is 15.2. The molecule has 1 aromatic heterocycles. The number of aromatic nitrogens is 2. The van der Waals surface area contributed by atoms with Crippen LogP contribution in [-0.2, 0) is 24.1 Å². The van der Waals surface area contributed by atoms with Gasteiger partial charge in [0.25, 0.3) is 0 Å². The zero-order valence-corrected chi connectivity index (χ0v) is 19.8. The largest absolute Gasteiger partial charge is 0.444 e. The summed E-state index contributed by atoms with van der Waals surface area (Å²) in [6.07, 6.45) is 2.04. The maximum Gasteiger partial charge on any atom is 0.410 e. The van der Waals surface area contributed by atoms with Gasteiger partial charge in [-0.05, 0) is 44.0 Å². The van der Waals surface area contributed by atoms with E-state index >= 15 is 0 Å². The van der Waals surface area contributed by atoms with Crippen molar-refractivity contribution in [2.24, 2.45) is 0 Å². The highest BCUT2D eigenvalue weighted by Gasteiger charge is 2.26. The van der Waals surface area contributed by atoms with Crippen molar-refractivity contribution < 1.29 is 14.6 Å². The van der Waals surface area contributed by atoms with Gasteiger partial charge in [-0.15, -0.1) is 0 Å². The number of halogens is 1. The molecule has 1 unspecified atom stereocenters. The Morgan fingerprint density at radius 1 is 1.15 bits per heavy atom. The average molecular weight is 466 g/mol. The Balaban J connectivity index is 1.43. The molecule has 172 valence electrons. The monoisotopic (exact) mass is 465 g/mol. The van der Waals surface area contributed by atoms with Crippen LogP contribution in [0.25, 0.3) is 11.4 Å². The molecule has 3 aromatic rings. The maximum atomic E-state index is 12.4. The molecule has 33 heavy (non-hydrogen) atoms. The average Bonchev–Trinajstić information content (AvgIpc) is 2.79. The lowest BCUT2D eigenvalue weighted by Gasteiger charge is -2.30. The van der Waals surface area contributed by atoms with Crippen LogP contribution in [0.2, 0.25) is 5.02 Å². The Labute approximate surface area is 199 Å². The highest BCUT2D eigenvalue weighted by atomic mass is 35.5. The van der Waals surface area contributed by atoms with Crippen LogP contribution in [0.5, 0.6) is 0 Å². The number of fused-ring (bicyclic) bond motifs is 1. The number of carbonyl (C=O) groups excluding carboxylic acids is 1. The van der Waals surface area contributed by atoms with Crippen LogP contribution in [0.1, 0.15) is 49.3 Å². The van der Waals surface area contributed by atoms with E-state index in [4.69, 9.17) is 21.3 Å². The molecule has 4 rings (SSSR count). The van der Waals surface area contributed by atoms with E-state index in [1.165, 1.54) is 0 Å². The molecule has 0 fully saturated rings. The van der Waals surface area contributed by atoms with Crippen molar-refractivity contribution in [1.82, 2.24) is 14.9 Å². The van der Waals surface area contributed by atoms with Crippen molar-refractivity contribution in [3.63, 3.8) is 0 Å². The van der Waals surface area contributed by atoms with Crippen molar-refractivity contribution in [2.45, 2.75) is 51.9 Å². The van der Waals surface area contributed by atoms with Gasteiger partial charge in [0, 0.05) is 41.7 Å². The summed E-state index contributed by atoms with van der Waals surface area (Å²) in [5.41, 5.74) is 4.10. The number of rotatable bonds is 4. The highest BCUT2D eigenvalue weighted by molar-refractivity contribution is 6.30. The molecule has 6 nitrogen and oxygen atoms in total. The van der Waals surface area contributed by atoms with Crippen molar-refractivity contribution in [2.75, 3.05) is 6.54 Å². The molecule has 0 bridgehead atoms. The fourth-order valence-electron chi connectivity index (χ4n) is 3.75. The van der Waals surface area contributed by atoms with Crippen LogP contribution < -0.4 is 0 Å². The van der Waals surface area contributed by atoms with E-state index in [0.29, 0.717) is 36.8 Å². The van der Waals surface area contributed by atoms with Crippen molar-refractivity contribution in [3.8, 4) is 11.4 Å². The summed E-state index contributed by atoms with van der Waals surface area (Å²) in [4.78, 5) is 23.3. The topological polar surface area (TPSA) is 75.5 Å². The normalized spacial score (nSPS) is 14.5. The number of carbonyl (C=O) groups is 1. The number of aliphatic hydroxyl groups excluding tert-OH is 1.